The first-order valence-electron chi connectivity index (χ1n) is 3.99. The summed E-state index contributed by atoms with van der Waals surface area (Å²) in [6.45, 7) is 3.72. The van der Waals surface area contributed by atoms with Gasteiger partial charge in [-0.3, -0.25) is 0 Å². The van der Waals surface area contributed by atoms with Crippen LogP contribution < -0.4 is 0 Å². The van der Waals surface area contributed by atoms with Crippen LogP contribution in [-0.4, -0.2) is 23.3 Å². The Balaban J connectivity index is 2.38. The molecule has 0 aromatic heterocycles. The molecule has 0 aromatic rings. The van der Waals surface area contributed by atoms with Crippen molar-refractivity contribution in [3.8, 4) is 0 Å². The molecule has 0 heterocycles. The first kappa shape index (κ1) is 8.53. The molecule has 0 amide bonds. The number of aliphatic carboxylic acids is 1. The van der Waals surface area contributed by atoms with Gasteiger partial charge < -0.3 is 9.84 Å². The average Bonchev–Trinajstić information content (AvgIpc) is 2.63. The van der Waals surface area contributed by atoms with Crippen molar-refractivity contribution in [1.29, 1.82) is 0 Å². The van der Waals surface area contributed by atoms with Crippen molar-refractivity contribution in [2.75, 3.05) is 0 Å². The first-order valence-corrected chi connectivity index (χ1v) is 3.99. The van der Waals surface area contributed by atoms with Crippen LogP contribution in [0.3, 0.4) is 0 Å². The Labute approximate surface area is 66.4 Å². The SMILES string of the molecule is CC(C)OC(C(=O)O)C1CC1. The zero-order chi connectivity index (χ0) is 8.43. The fourth-order valence-electron chi connectivity index (χ4n) is 1.06. The normalized spacial score (nSPS) is 20.3. The maximum Gasteiger partial charge on any atom is 0.333 e. The van der Waals surface area contributed by atoms with Crippen LogP contribution in [0, 0.1) is 5.92 Å². The standard InChI is InChI=1S/C8H14O3/c1-5(2)11-7(8(9)10)6-3-4-6/h5-7H,3-4H2,1-2H3,(H,9,10). The molecule has 1 aliphatic carbocycles. The van der Waals surface area contributed by atoms with Gasteiger partial charge in [-0.05, 0) is 32.6 Å². The number of carbonyl (C=O) groups is 1. The minimum Gasteiger partial charge on any atom is -0.479 e. The number of ether oxygens (including phenoxy) is 1. The third-order valence-electron chi connectivity index (χ3n) is 1.71. The monoisotopic (exact) mass is 158 g/mol. The Morgan fingerprint density at radius 3 is 2.36 bits per heavy atom. The van der Waals surface area contributed by atoms with Crippen LogP contribution in [0.25, 0.3) is 0 Å². The first-order chi connectivity index (χ1) is 5.11. The maximum atomic E-state index is 10.6. The zero-order valence-corrected chi connectivity index (χ0v) is 6.91. The summed E-state index contributed by atoms with van der Waals surface area (Å²) >= 11 is 0. The van der Waals surface area contributed by atoms with Gasteiger partial charge in [0.15, 0.2) is 6.10 Å². The fourth-order valence-corrected chi connectivity index (χ4v) is 1.06. The molecule has 1 fully saturated rings. The predicted octanol–water partition coefficient (Wildman–Crippen LogP) is 1.27. The average molecular weight is 158 g/mol. The summed E-state index contributed by atoms with van der Waals surface area (Å²) < 4.78 is 5.24. The molecule has 0 aliphatic heterocycles. The number of hydrogen-bond acceptors (Lipinski definition) is 2. The quantitative estimate of drug-likeness (QED) is 0.670. The lowest BCUT2D eigenvalue weighted by atomic mass is 10.2. The van der Waals surface area contributed by atoms with Crippen LogP contribution >= 0.6 is 0 Å². The summed E-state index contributed by atoms with van der Waals surface area (Å²) in [6.07, 6.45) is 1.46. The summed E-state index contributed by atoms with van der Waals surface area (Å²) in [5.41, 5.74) is 0. The summed E-state index contributed by atoms with van der Waals surface area (Å²) in [7, 11) is 0. The molecular weight excluding hydrogens is 144 g/mol. The Bertz CT molecular complexity index is 149. The van der Waals surface area contributed by atoms with Gasteiger partial charge in [0.05, 0.1) is 6.10 Å². The molecule has 3 heteroatoms. The molecule has 1 aliphatic rings. The van der Waals surface area contributed by atoms with E-state index in [9.17, 15) is 4.79 Å². The summed E-state index contributed by atoms with van der Waals surface area (Å²) in [5, 5.41) is 8.71. The molecule has 11 heavy (non-hydrogen) atoms. The van der Waals surface area contributed by atoms with Crippen LogP contribution in [-0.2, 0) is 9.53 Å². The molecule has 1 N–H and O–H groups in total. The summed E-state index contributed by atoms with van der Waals surface area (Å²) in [5.74, 6) is -0.545. The van der Waals surface area contributed by atoms with Gasteiger partial charge in [0.1, 0.15) is 0 Å². The second-order valence-electron chi connectivity index (χ2n) is 3.28. The van der Waals surface area contributed by atoms with Crippen LogP contribution in [0.1, 0.15) is 26.7 Å². The van der Waals surface area contributed by atoms with Crippen LogP contribution in [0.5, 0.6) is 0 Å². The Kier molecular flexibility index (Phi) is 2.49. The van der Waals surface area contributed by atoms with E-state index in [0.29, 0.717) is 0 Å². The molecule has 0 bridgehead atoms. The molecule has 1 saturated carbocycles. The molecule has 0 radical (unpaired) electrons. The van der Waals surface area contributed by atoms with Crippen LogP contribution in [0.15, 0.2) is 0 Å². The van der Waals surface area contributed by atoms with E-state index < -0.39 is 12.1 Å². The number of hydrogen-bond donors (Lipinski definition) is 1. The van der Waals surface area contributed by atoms with E-state index in [1.165, 1.54) is 0 Å². The largest absolute Gasteiger partial charge is 0.479 e. The zero-order valence-electron chi connectivity index (χ0n) is 6.91. The molecule has 3 nitrogen and oxygen atoms in total. The predicted molar refractivity (Wildman–Crippen MR) is 40.4 cm³/mol. The van der Waals surface area contributed by atoms with Gasteiger partial charge >= 0.3 is 5.97 Å². The van der Waals surface area contributed by atoms with Gasteiger partial charge in [-0.15, -0.1) is 0 Å². The van der Waals surface area contributed by atoms with E-state index in [1.54, 1.807) is 0 Å². The van der Waals surface area contributed by atoms with Crippen LogP contribution in [0.4, 0.5) is 0 Å². The number of carboxylic acid groups (broad SMARTS) is 1. The number of rotatable bonds is 4. The topological polar surface area (TPSA) is 46.5 Å². The van der Waals surface area contributed by atoms with E-state index in [0.717, 1.165) is 12.8 Å². The van der Waals surface area contributed by atoms with Gasteiger partial charge in [-0.2, -0.15) is 0 Å². The highest BCUT2D eigenvalue weighted by atomic mass is 16.5. The van der Waals surface area contributed by atoms with E-state index in [4.69, 9.17) is 9.84 Å². The molecule has 1 atom stereocenters. The molecule has 0 saturated heterocycles. The second-order valence-corrected chi connectivity index (χ2v) is 3.28. The van der Waals surface area contributed by atoms with Gasteiger partial charge in [-0.1, -0.05) is 0 Å². The van der Waals surface area contributed by atoms with E-state index in [1.807, 2.05) is 13.8 Å². The van der Waals surface area contributed by atoms with Crippen molar-refractivity contribution in [1.82, 2.24) is 0 Å². The van der Waals surface area contributed by atoms with Crippen molar-refractivity contribution in [3.05, 3.63) is 0 Å². The lowest BCUT2D eigenvalue weighted by Crippen LogP contribution is -2.28. The minimum absolute atomic E-state index is 0.0108. The summed E-state index contributed by atoms with van der Waals surface area (Å²) in [4.78, 5) is 10.6. The van der Waals surface area contributed by atoms with Gasteiger partial charge in [0, 0.05) is 0 Å². The second kappa shape index (κ2) is 3.22. The van der Waals surface area contributed by atoms with E-state index >= 15 is 0 Å². The Morgan fingerprint density at radius 1 is 1.55 bits per heavy atom. The molecular formula is C8H14O3. The van der Waals surface area contributed by atoms with Crippen molar-refractivity contribution < 1.29 is 14.6 Å². The van der Waals surface area contributed by atoms with Gasteiger partial charge in [-0.25, -0.2) is 4.79 Å². The molecule has 0 spiro atoms. The lowest BCUT2D eigenvalue weighted by molar-refractivity contribution is -0.154. The smallest absolute Gasteiger partial charge is 0.333 e. The number of carboxylic acids is 1. The molecule has 0 aromatic carbocycles. The van der Waals surface area contributed by atoms with Gasteiger partial charge in [0.25, 0.3) is 0 Å². The summed E-state index contributed by atoms with van der Waals surface area (Å²) in [6, 6.07) is 0. The van der Waals surface area contributed by atoms with Gasteiger partial charge in [0.2, 0.25) is 0 Å². The van der Waals surface area contributed by atoms with Crippen molar-refractivity contribution in [2.45, 2.75) is 38.9 Å². The molecule has 1 rings (SSSR count). The highest BCUT2D eigenvalue weighted by Crippen LogP contribution is 2.34. The molecule has 1 unspecified atom stereocenters. The van der Waals surface area contributed by atoms with Crippen LogP contribution in [0.2, 0.25) is 0 Å². The Hall–Kier alpha value is -0.570. The highest BCUT2D eigenvalue weighted by Gasteiger charge is 2.37. The third-order valence-corrected chi connectivity index (χ3v) is 1.71. The third kappa shape index (κ3) is 2.50. The van der Waals surface area contributed by atoms with E-state index in [2.05, 4.69) is 0 Å². The van der Waals surface area contributed by atoms with Crippen molar-refractivity contribution in [2.24, 2.45) is 5.92 Å². The van der Waals surface area contributed by atoms with Crippen molar-refractivity contribution in [3.63, 3.8) is 0 Å². The van der Waals surface area contributed by atoms with Crippen molar-refractivity contribution >= 4 is 5.97 Å². The van der Waals surface area contributed by atoms with E-state index in [-0.39, 0.29) is 12.0 Å². The minimum atomic E-state index is -0.818. The lowest BCUT2D eigenvalue weighted by Gasteiger charge is -2.15. The Morgan fingerprint density at radius 2 is 2.09 bits per heavy atom. The maximum absolute atomic E-state index is 10.6. The highest BCUT2D eigenvalue weighted by molar-refractivity contribution is 5.73. The fraction of sp³-hybridized carbons (Fsp3) is 0.875. The molecule has 64 valence electrons.